The van der Waals surface area contributed by atoms with Crippen LogP contribution in [0.4, 0.5) is 4.79 Å². The molecule has 0 aromatic carbocycles. The maximum absolute atomic E-state index is 11.8. The minimum Gasteiger partial charge on any atom is -0.444 e. The molecule has 0 aromatic rings. The van der Waals surface area contributed by atoms with Gasteiger partial charge in [0.2, 0.25) is 0 Å². The highest BCUT2D eigenvalue weighted by Crippen LogP contribution is 2.08. The minimum atomic E-state index is -0.441. The summed E-state index contributed by atoms with van der Waals surface area (Å²) in [5.41, 5.74) is -0.441. The van der Waals surface area contributed by atoms with E-state index in [1.54, 1.807) is 0 Å². The van der Waals surface area contributed by atoms with Crippen LogP contribution in [0.2, 0.25) is 0 Å². The zero-order valence-electron chi connectivity index (χ0n) is 15.6. The van der Waals surface area contributed by atoms with Crippen LogP contribution in [0.3, 0.4) is 0 Å². The first-order valence-electron chi connectivity index (χ1n) is 9.01. The van der Waals surface area contributed by atoms with Gasteiger partial charge in [-0.2, -0.15) is 0 Å². The van der Waals surface area contributed by atoms with E-state index < -0.39 is 5.60 Å². The Kier molecular flexibility index (Phi) is 11.3. The largest absolute Gasteiger partial charge is 0.444 e. The lowest BCUT2D eigenvalue weighted by atomic mass is 10.1. The van der Waals surface area contributed by atoms with Crippen molar-refractivity contribution in [3.63, 3.8) is 0 Å². The summed E-state index contributed by atoms with van der Waals surface area (Å²) in [6, 6.07) is 0.818. The van der Waals surface area contributed by atoms with Gasteiger partial charge in [0.15, 0.2) is 0 Å². The van der Waals surface area contributed by atoms with Crippen LogP contribution in [0.1, 0.15) is 86.5 Å². The number of rotatable bonds is 11. The van der Waals surface area contributed by atoms with Crippen LogP contribution in [0.15, 0.2) is 0 Å². The Morgan fingerprint density at radius 3 is 2.23 bits per heavy atom. The Balaban J connectivity index is 4.18. The van der Waals surface area contributed by atoms with E-state index >= 15 is 0 Å². The summed E-state index contributed by atoms with van der Waals surface area (Å²) in [6.07, 6.45) is 8.13. The van der Waals surface area contributed by atoms with Crippen molar-refractivity contribution in [1.82, 2.24) is 10.6 Å². The van der Waals surface area contributed by atoms with Crippen molar-refractivity contribution >= 4 is 6.09 Å². The Hall–Kier alpha value is -0.770. The molecule has 2 N–H and O–H groups in total. The second kappa shape index (κ2) is 11.8. The van der Waals surface area contributed by atoms with Crippen LogP contribution in [0, 0.1) is 0 Å². The average molecular weight is 315 g/mol. The third kappa shape index (κ3) is 12.9. The summed E-state index contributed by atoms with van der Waals surface area (Å²) in [7, 11) is 0. The van der Waals surface area contributed by atoms with Crippen LogP contribution in [-0.4, -0.2) is 30.3 Å². The number of ether oxygens (including phenoxy) is 1. The quantitative estimate of drug-likeness (QED) is 0.547. The highest BCUT2D eigenvalue weighted by atomic mass is 16.6. The van der Waals surface area contributed by atoms with Crippen molar-refractivity contribution in [1.29, 1.82) is 0 Å². The van der Waals surface area contributed by atoms with Gasteiger partial charge in [-0.1, -0.05) is 46.0 Å². The van der Waals surface area contributed by atoms with Crippen molar-refractivity contribution in [2.75, 3.05) is 6.54 Å². The number of carbonyl (C=O) groups is 1. The smallest absolute Gasteiger partial charge is 0.407 e. The van der Waals surface area contributed by atoms with Gasteiger partial charge in [0.25, 0.3) is 0 Å². The van der Waals surface area contributed by atoms with Gasteiger partial charge in [-0.05, 0) is 40.5 Å². The lowest BCUT2D eigenvalue weighted by Crippen LogP contribution is -2.45. The molecule has 0 heterocycles. The van der Waals surface area contributed by atoms with E-state index in [-0.39, 0.29) is 6.09 Å². The summed E-state index contributed by atoms with van der Waals surface area (Å²) >= 11 is 0. The van der Waals surface area contributed by atoms with Gasteiger partial charge in [0, 0.05) is 18.6 Å². The van der Waals surface area contributed by atoms with Gasteiger partial charge in [-0.25, -0.2) is 4.79 Å². The lowest BCUT2D eigenvalue weighted by molar-refractivity contribution is 0.0520. The van der Waals surface area contributed by atoms with E-state index in [2.05, 4.69) is 31.4 Å². The number of nitrogens with one attached hydrogen (secondary N) is 2. The molecule has 2 atom stereocenters. The number of hydrogen-bond acceptors (Lipinski definition) is 3. The zero-order valence-corrected chi connectivity index (χ0v) is 15.6. The predicted octanol–water partition coefficient (Wildman–Crippen LogP) is 4.63. The van der Waals surface area contributed by atoms with Crippen LogP contribution >= 0.6 is 0 Å². The molecule has 0 spiro atoms. The fourth-order valence-corrected chi connectivity index (χ4v) is 2.40. The van der Waals surface area contributed by atoms with Crippen molar-refractivity contribution in [2.24, 2.45) is 0 Å². The Morgan fingerprint density at radius 2 is 1.68 bits per heavy atom. The summed E-state index contributed by atoms with van der Waals surface area (Å²) < 4.78 is 5.30. The predicted molar refractivity (Wildman–Crippen MR) is 94.3 cm³/mol. The van der Waals surface area contributed by atoms with Crippen LogP contribution in [-0.2, 0) is 4.74 Å². The van der Waals surface area contributed by atoms with Crippen molar-refractivity contribution < 1.29 is 9.53 Å². The Morgan fingerprint density at radius 1 is 1.05 bits per heavy atom. The van der Waals surface area contributed by atoms with E-state index in [9.17, 15) is 4.79 Å². The number of alkyl carbamates (subject to hydrolysis) is 1. The maximum Gasteiger partial charge on any atom is 0.407 e. The molecule has 0 rings (SSSR count). The van der Waals surface area contributed by atoms with Gasteiger partial charge < -0.3 is 15.4 Å². The molecule has 0 saturated heterocycles. The molecular weight excluding hydrogens is 276 g/mol. The molecule has 0 aromatic heterocycles. The summed E-state index contributed by atoms with van der Waals surface area (Å²) in [5, 5.41) is 6.56. The standard InChI is InChI=1S/C18H38N2O2/c1-7-9-11-12-15(3)20-16(13-10-8-2)14-19-17(21)22-18(4,5)6/h15-16,20H,7-14H2,1-6H3,(H,19,21). The molecule has 0 radical (unpaired) electrons. The maximum atomic E-state index is 11.8. The fraction of sp³-hybridized carbons (Fsp3) is 0.944. The average Bonchev–Trinajstić information content (AvgIpc) is 2.40. The first-order valence-corrected chi connectivity index (χ1v) is 9.01. The minimum absolute atomic E-state index is 0.323. The first-order chi connectivity index (χ1) is 10.3. The van der Waals surface area contributed by atoms with Gasteiger partial charge in [-0.15, -0.1) is 0 Å². The van der Waals surface area contributed by atoms with Crippen molar-refractivity contribution in [3.05, 3.63) is 0 Å². The molecule has 2 unspecified atom stereocenters. The molecule has 4 nitrogen and oxygen atoms in total. The molecule has 132 valence electrons. The number of carbonyl (C=O) groups excluding carboxylic acids is 1. The van der Waals surface area contributed by atoms with Crippen molar-refractivity contribution in [2.45, 2.75) is 104 Å². The number of unbranched alkanes of at least 4 members (excludes halogenated alkanes) is 3. The third-order valence-corrected chi connectivity index (χ3v) is 3.56. The molecule has 4 heteroatoms. The molecule has 1 amide bonds. The number of hydrogen-bond donors (Lipinski definition) is 2. The Bertz CT molecular complexity index is 287. The normalized spacial score (nSPS) is 14.5. The monoisotopic (exact) mass is 314 g/mol. The highest BCUT2D eigenvalue weighted by molar-refractivity contribution is 5.67. The van der Waals surface area contributed by atoms with Crippen LogP contribution in [0.25, 0.3) is 0 Å². The second-order valence-electron chi connectivity index (χ2n) is 7.29. The van der Waals surface area contributed by atoms with Gasteiger partial charge >= 0.3 is 6.09 Å². The summed E-state index contributed by atoms with van der Waals surface area (Å²) in [4.78, 5) is 11.8. The molecule has 0 aliphatic carbocycles. The van der Waals surface area contributed by atoms with Gasteiger partial charge in [-0.3, -0.25) is 0 Å². The lowest BCUT2D eigenvalue weighted by Gasteiger charge is -2.25. The van der Waals surface area contributed by atoms with Crippen LogP contribution < -0.4 is 10.6 Å². The fourth-order valence-electron chi connectivity index (χ4n) is 2.40. The molecule has 0 fully saturated rings. The number of amides is 1. The molecule has 0 aliphatic heterocycles. The molecule has 0 saturated carbocycles. The molecule has 0 bridgehead atoms. The zero-order chi connectivity index (χ0) is 17.0. The summed E-state index contributed by atoms with van der Waals surface area (Å²) in [6.45, 7) is 12.9. The first kappa shape index (κ1) is 21.2. The molecule has 0 aliphatic rings. The van der Waals surface area contributed by atoms with Crippen molar-refractivity contribution in [3.8, 4) is 0 Å². The van der Waals surface area contributed by atoms with E-state index in [0.717, 1.165) is 6.42 Å². The SMILES string of the molecule is CCCCCC(C)NC(CCCC)CNC(=O)OC(C)(C)C. The Labute approximate surface area is 137 Å². The second-order valence-corrected chi connectivity index (χ2v) is 7.29. The topological polar surface area (TPSA) is 50.4 Å². The van der Waals surface area contributed by atoms with E-state index in [0.29, 0.717) is 18.6 Å². The van der Waals surface area contributed by atoms with E-state index in [1.165, 1.54) is 38.5 Å². The van der Waals surface area contributed by atoms with Gasteiger partial charge in [0.05, 0.1) is 0 Å². The van der Waals surface area contributed by atoms with Gasteiger partial charge in [0.1, 0.15) is 5.60 Å². The van der Waals surface area contributed by atoms with Crippen LogP contribution in [0.5, 0.6) is 0 Å². The van der Waals surface area contributed by atoms with E-state index in [4.69, 9.17) is 4.74 Å². The molecular formula is C18H38N2O2. The highest BCUT2D eigenvalue weighted by Gasteiger charge is 2.18. The summed E-state index contributed by atoms with van der Waals surface area (Å²) in [5.74, 6) is 0. The van der Waals surface area contributed by atoms with E-state index in [1.807, 2.05) is 20.8 Å². The third-order valence-electron chi connectivity index (χ3n) is 3.56. The molecule has 22 heavy (non-hydrogen) atoms.